The lowest BCUT2D eigenvalue weighted by atomic mass is 10.0. The molecule has 0 heterocycles. The van der Waals surface area contributed by atoms with Crippen LogP contribution < -0.4 is 5.73 Å². The van der Waals surface area contributed by atoms with Gasteiger partial charge in [0.2, 0.25) is 0 Å². The molecular weight excluding hydrogens is 185 g/mol. The molecule has 0 amide bonds. The number of phenols is 1. The molecule has 0 bridgehead atoms. The summed E-state index contributed by atoms with van der Waals surface area (Å²) in [7, 11) is 0. The molecule has 3 nitrogen and oxygen atoms in total. The van der Waals surface area contributed by atoms with Gasteiger partial charge in [0.05, 0.1) is 0 Å². The highest BCUT2D eigenvalue weighted by Gasteiger charge is 2.13. The second kappa shape index (κ2) is 4.39. The minimum Gasteiger partial charge on any atom is -0.507 e. The van der Waals surface area contributed by atoms with Crippen molar-refractivity contribution in [3.63, 3.8) is 0 Å². The molecule has 0 aromatic heterocycles. The molecule has 1 atom stereocenters. The summed E-state index contributed by atoms with van der Waals surface area (Å²) < 4.78 is 13.0. The molecule has 4 N–H and O–H groups in total. The van der Waals surface area contributed by atoms with Gasteiger partial charge in [-0.2, -0.15) is 0 Å². The van der Waals surface area contributed by atoms with Gasteiger partial charge in [-0.1, -0.05) is 0 Å². The molecule has 0 aliphatic rings. The van der Waals surface area contributed by atoms with Crippen molar-refractivity contribution >= 4 is 0 Å². The zero-order valence-corrected chi connectivity index (χ0v) is 8.00. The number of nitrogens with two attached hydrogens (primary N) is 1. The van der Waals surface area contributed by atoms with E-state index < -0.39 is 11.9 Å². The summed E-state index contributed by atoms with van der Waals surface area (Å²) in [4.78, 5) is 0. The van der Waals surface area contributed by atoms with Gasteiger partial charge in [0.15, 0.2) is 0 Å². The van der Waals surface area contributed by atoms with Crippen molar-refractivity contribution in [3.8, 4) is 5.75 Å². The Labute approximate surface area is 82.0 Å². The van der Waals surface area contributed by atoms with Crippen LogP contribution in [0.2, 0.25) is 0 Å². The van der Waals surface area contributed by atoms with E-state index in [0.717, 1.165) is 0 Å². The van der Waals surface area contributed by atoms with Gasteiger partial charge >= 0.3 is 0 Å². The van der Waals surface area contributed by atoms with E-state index in [1.54, 1.807) is 6.92 Å². The molecule has 0 unspecified atom stereocenters. The molecule has 78 valence electrons. The SMILES string of the molecule is Cc1cc(F)cc([C@@H](N)CCO)c1O. The van der Waals surface area contributed by atoms with Crippen molar-refractivity contribution in [1.29, 1.82) is 0 Å². The van der Waals surface area contributed by atoms with E-state index in [9.17, 15) is 9.50 Å². The zero-order chi connectivity index (χ0) is 10.7. The van der Waals surface area contributed by atoms with Gasteiger partial charge in [-0.05, 0) is 31.0 Å². The van der Waals surface area contributed by atoms with Gasteiger partial charge < -0.3 is 15.9 Å². The summed E-state index contributed by atoms with van der Waals surface area (Å²) >= 11 is 0. The number of aliphatic hydroxyl groups is 1. The average Bonchev–Trinajstić information content (AvgIpc) is 2.11. The lowest BCUT2D eigenvalue weighted by molar-refractivity contribution is 0.275. The molecule has 0 aliphatic carbocycles. The summed E-state index contributed by atoms with van der Waals surface area (Å²) in [5.41, 5.74) is 6.45. The molecule has 1 rings (SSSR count). The minimum absolute atomic E-state index is 0.00681. The molecule has 0 saturated heterocycles. The third-order valence-electron chi connectivity index (χ3n) is 2.13. The third kappa shape index (κ3) is 2.21. The first-order valence-corrected chi connectivity index (χ1v) is 4.41. The highest BCUT2D eigenvalue weighted by Crippen LogP contribution is 2.28. The summed E-state index contributed by atoms with van der Waals surface area (Å²) in [6, 6.07) is 1.90. The largest absolute Gasteiger partial charge is 0.507 e. The van der Waals surface area contributed by atoms with E-state index in [2.05, 4.69) is 0 Å². The van der Waals surface area contributed by atoms with Crippen LogP contribution in [0.15, 0.2) is 12.1 Å². The van der Waals surface area contributed by atoms with Crippen LogP contribution in [0.25, 0.3) is 0 Å². The molecule has 14 heavy (non-hydrogen) atoms. The Morgan fingerprint density at radius 3 is 2.71 bits per heavy atom. The van der Waals surface area contributed by atoms with Gasteiger partial charge in [0.25, 0.3) is 0 Å². The molecule has 0 saturated carbocycles. The first-order valence-electron chi connectivity index (χ1n) is 4.41. The molecule has 1 aromatic rings. The Morgan fingerprint density at radius 2 is 2.14 bits per heavy atom. The van der Waals surface area contributed by atoms with Crippen molar-refractivity contribution < 1.29 is 14.6 Å². The summed E-state index contributed by atoms with van der Waals surface area (Å²) in [5.74, 6) is -0.420. The zero-order valence-electron chi connectivity index (χ0n) is 8.00. The molecule has 0 aliphatic heterocycles. The summed E-state index contributed by atoms with van der Waals surface area (Å²) in [5, 5.41) is 18.3. The first-order chi connectivity index (χ1) is 6.56. The predicted octanol–water partition coefficient (Wildman–Crippen LogP) is 1.22. The molecule has 0 radical (unpaired) electrons. The Morgan fingerprint density at radius 1 is 1.50 bits per heavy atom. The Hall–Kier alpha value is -1.13. The molecule has 1 aromatic carbocycles. The summed E-state index contributed by atoms with van der Waals surface area (Å²) in [6.45, 7) is 1.52. The number of hydrogen-bond donors (Lipinski definition) is 3. The topological polar surface area (TPSA) is 66.5 Å². The van der Waals surface area contributed by atoms with Gasteiger partial charge in [0, 0.05) is 18.2 Å². The van der Waals surface area contributed by atoms with Crippen LogP contribution in [-0.2, 0) is 0 Å². The highest BCUT2D eigenvalue weighted by molar-refractivity contribution is 5.41. The van der Waals surface area contributed by atoms with Crippen molar-refractivity contribution in [2.75, 3.05) is 6.61 Å². The van der Waals surface area contributed by atoms with E-state index >= 15 is 0 Å². The fourth-order valence-electron chi connectivity index (χ4n) is 1.34. The maximum absolute atomic E-state index is 13.0. The number of phenolic OH excluding ortho intramolecular Hbond substituents is 1. The number of hydrogen-bond acceptors (Lipinski definition) is 3. The monoisotopic (exact) mass is 199 g/mol. The van der Waals surface area contributed by atoms with Crippen LogP contribution >= 0.6 is 0 Å². The van der Waals surface area contributed by atoms with Crippen LogP contribution in [0.5, 0.6) is 5.75 Å². The van der Waals surface area contributed by atoms with Crippen molar-refractivity contribution in [3.05, 3.63) is 29.1 Å². The Balaban J connectivity index is 3.07. The normalized spacial score (nSPS) is 12.9. The quantitative estimate of drug-likeness (QED) is 0.685. The fourth-order valence-corrected chi connectivity index (χ4v) is 1.34. The van der Waals surface area contributed by atoms with Gasteiger partial charge in [-0.25, -0.2) is 4.39 Å². The number of aromatic hydroxyl groups is 1. The van der Waals surface area contributed by atoms with Crippen LogP contribution in [0, 0.1) is 12.7 Å². The van der Waals surface area contributed by atoms with E-state index in [4.69, 9.17) is 10.8 Å². The number of aliphatic hydroxyl groups excluding tert-OH is 1. The predicted molar refractivity (Wildman–Crippen MR) is 51.4 cm³/mol. The van der Waals surface area contributed by atoms with Crippen molar-refractivity contribution in [2.24, 2.45) is 5.73 Å². The Kier molecular flexibility index (Phi) is 3.43. The van der Waals surface area contributed by atoms with Crippen LogP contribution in [0.1, 0.15) is 23.6 Å². The molecule has 0 fully saturated rings. The average molecular weight is 199 g/mol. The minimum atomic E-state index is -0.533. The van der Waals surface area contributed by atoms with Crippen molar-refractivity contribution in [2.45, 2.75) is 19.4 Å². The first kappa shape index (κ1) is 10.9. The van der Waals surface area contributed by atoms with Crippen molar-refractivity contribution in [1.82, 2.24) is 0 Å². The Bertz CT molecular complexity index is 328. The standard InChI is InChI=1S/C10H14FNO2/c1-6-4-7(11)5-8(10(6)14)9(12)2-3-13/h4-5,9,13-14H,2-3,12H2,1H3/t9-/m0/s1. The van der Waals surface area contributed by atoms with E-state index in [-0.39, 0.29) is 12.4 Å². The van der Waals surface area contributed by atoms with Gasteiger partial charge in [0.1, 0.15) is 11.6 Å². The van der Waals surface area contributed by atoms with E-state index in [1.165, 1.54) is 12.1 Å². The summed E-state index contributed by atoms with van der Waals surface area (Å²) in [6.07, 6.45) is 0.302. The third-order valence-corrected chi connectivity index (χ3v) is 2.13. The number of rotatable bonds is 3. The molecule has 0 spiro atoms. The second-order valence-electron chi connectivity index (χ2n) is 3.28. The van der Waals surface area contributed by atoms with Gasteiger partial charge in [-0.3, -0.25) is 0 Å². The number of benzene rings is 1. The number of halogens is 1. The van der Waals surface area contributed by atoms with E-state index in [0.29, 0.717) is 17.5 Å². The van der Waals surface area contributed by atoms with Gasteiger partial charge in [-0.15, -0.1) is 0 Å². The van der Waals surface area contributed by atoms with Crippen LogP contribution in [0.3, 0.4) is 0 Å². The lowest BCUT2D eigenvalue weighted by Crippen LogP contribution is -2.12. The lowest BCUT2D eigenvalue weighted by Gasteiger charge is -2.13. The fraction of sp³-hybridized carbons (Fsp3) is 0.400. The second-order valence-corrected chi connectivity index (χ2v) is 3.28. The smallest absolute Gasteiger partial charge is 0.124 e. The highest BCUT2D eigenvalue weighted by atomic mass is 19.1. The maximum atomic E-state index is 13.0. The van der Waals surface area contributed by atoms with Crippen LogP contribution in [-0.4, -0.2) is 16.8 Å². The maximum Gasteiger partial charge on any atom is 0.124 e. The molecular formula is C10H14FNO2. The molecule has 4 heteroatoms. The van der Waals surface area contributed by atoms with E-state index in [1.807, 2.05) is 0 Å². The number of aryl methyl sites for hydroxylation is 1. The van der Waals surface area contributed by atoms with Crippen LogP contribution in [0.4, 0.5) is 4.39 Å².